The van der Waals surface area contributed by atoms with E-state index in [1.165, 1.54) is 25.3 Å². The van der Waals surface area contributed by atoms with Crippen LogP contribution in [-0.2, 0) is 10.2 Å². The molecular formula is C21H27N3O5. The number of nitrogens with one attached hydrogen (secondary N) is 2. The van der Waals surface area contributed by atoms with E-state index < -0.39 is 11.0 Å². The van der Waals surface area contributed by atoms with E-state index in [2.05, 4.69) is 31.4 Å². The highest BCUT2D eigenvalue weighted by atomic mass is 16.6. The van der Waals surface area contributed by atoms with Crippen LogP contribution in [-0.4, -0.2) is 31.1 Å². The first-order chi connectivity index (χ1) is 13.6. The lowest BCUT2D eigenvalue weighted by Gasteiger charge is -2.23. The third-order valence-electron chi connectivity index (χ3n) is 4.48. The van der Waals surface area contributed by atoms with Gasteiger partial charge in [0.1, 0.15) is 17.5 Å². The Morgan fingerprint density at radius 3 is 2.24 bits per heavy atom. The van der Waals surface area contributed by atoms with Crippen LogP contribution in [0.1, 0.15) is 33.3 Å². The molecule has 1 amide bonds. The summed E-state index contributed by atoms with van der Waals surface area (Å²) in [6.07, 6.45) is 0. The number of methoxy groups -OCH3 is 2. The Hall–Kier alpha value is -3.29. The Morgan fingerprint density at radius 1 is 1.03 bits per heavy atom. The second-order valence-electron chi connectivity index (χ2n) is 7.66. The molecule has 0 heterocycles. The van der Waals surface area contributed by atoms with Gasteiger partial charge in [-0.15, -0.1) is 0 Å². The van der Waals surface area contributed by atoms with E-state index in [0.717, 1.165) is 5.56 Å². The summed E-state index contributed by atoms with van der Waals surface area (Å²) >= 11 is 0. The van der Waals surface area contributed by atoms with E-state index in [1.54, 1.807) is 14.0 Å². The topological polar surface area (TPSA) is 103 Å². The number of hydrogen-bond acceptors (Lipinski definition) is 6. The summed E-state index contributed by atoms with van der Waals surface area (Å²) in [5.41, 5.74) is 1.99. The summed E-state index contributed by atoms with van der Waals surface area (Å²) < 4.78 is 10.6. The van der Waals surface area contributed by atoms with E-state index in [0.29, 0.717) is 17.1 Å². The monoisotopic (exact) mass is 401 g/mol. The van der Waals surface area contributed by atoms with E-state index in [1.807, 2.05) is 18.2 Å². The minimum atomic E-state index is -0.598. The van der Waals surface area contributed by atoms with Crippen molar-refractivity contribution in [1.82, 2.24) is 0 Å². The number of non-ortho nitro benzene ring substituents is 1. The lowest BCUT2D eigenvalue weighted by Crippen LogP contribution is -2.32. The van der Waals surface area contributed by atoms with Gasteiger partial charge in [-0.1, -0.05) is 26.8 Å². The second kappa shape index (κ2) is 8.81. The largest absolute Gasteiger partial charge is 0.495 e. The molecule has 2 rings (SSSR count). The van der Waals surface area contributed by atoms with Crippen molar-refractivity contribution < 1.29 is 19.2 Å². The number of ether oxygens (including phenoxy) is 2. The fourth-order valence-corrected chi connectivity index (χ4v) is 2.72. The predicted molar refractivity (Wildman–Crippen MR) is 113 cm³/mol. The summed E-state index contributed by atoms with van der Waals surface area (Å²) in [6.45, 7) is 8.04. The molecular weight excluding hydrogens is 374 g/mol. The lowest BCUT2D eigenvalue weighted by molar-refractivity contribution is -0.384. The highest BCUT2D eigenvalue weighted by Crippen LogP contribution is 2.32. The van der Waals surface area contributed by atoms with Crippen LogP contribution in [0, 0.1) is 10.1 Å². The third-order valence-corrected chi connectivity index (χ3v) is 4.48. The van der Waals surface area contributed by atoms with Gasteiger partial charge in [-0.05, 0) is 36.1 Å². The number of carbonyl (C=O) groups excluding carboxylic acids is 1. The van der Waals surface area contributed by atoms with Crippen molar-refractivity contribution in [1.29, 1.82) is 0 Å². The Labute approximate surface area is 170 Å². The third kappa shape index (κ3) is 5.37. The average molecular weight is 401 g/mol. The molecule has 0 aliphatic heterocycles. The number of carbonyl (C=O) groups is 1. The smallest absolute Gasteiger partial charge is 0.273 e. The first kappa shape index (κ1) is 22.0. The van der Waals surface area contributed by atoms with Gasteiger partial charge in [-0.25, -0.2) is 0 Å². The van der Waals surface area contributed by atoms with Crippen molar-refractivity contribution in [2.45, 2.75) is 39.2 Å². The maximum atomic E-state index is 12.7. The Balaban J connectivity index is 2.20. The Morgan fingerprint density at radius 2 is 1.69 bits per heavy atom. The number of nitrogens with zero attached hydrogens (tertiary/aromatic N) is 1. The average Bonchev–Trinajstić information content (AvgIpc) is 2.67. The molecule has 1 atom stereocenters. The molecule has 0 unspecified atom stereocenters. The summed E-state index contributed by atoms with van der Waals surface area (Å²) in [7, 11) is 2.96. The molecule has 0 aromatic heterocycles. The van der Waals surface area contributed by atoms with Crippen molar-refractivity contribution >= 4 is 23.0 Å². The lowest BCUT2D eigenvalue weighted by atomic mass is 9.86. The van der Waals surface area contributed by atoms with Crippen LogP contribution in [0.4, 0.5) is 17.1 Å². The molecule has 0 fully saturated rings. The quantitative estimate of drug-likeness (QED) is 0.528. The number of amides is 1. The summed E-state index contributed by atoms with van der Waals surface area (Å²) in [5.74, 6) is 0.526. The molecule has 0 spiro atoms. The molecule has 2 N–H and O–H groups in total. The predicted octanol–water partition coefficient (Wildman–Crippen LogP) is 4.35. The van der Waals surface area contributed by atoms with Crippen LogP contribution in [0.5, 0.6) is 11.5 Å². The van der Waals surface area contributed by atoms with Crippen LogP contribution >= 0.6 is 0 Å². The van der Waals surface area contributed by atoms with Gasteiger partial charge in [-0.3, -0.25) is 14.9 Å². The Bertz CT molecular complexity index is 906. The minimum Gasteiger partial charge on any atom is -0.495 e. The molecule has 0 bridgehead atoms. The fraction of sp³-hybridized carbons (Fsp3) is 0.381. The van der Waals surface area contributed by atoms with Gasteiger partial charge in [-0.2, -0.15) is 0 Å². The van der Waals surface area contributed by atoms with Gasteiger partial charge >= 0.3 is 0 Å². The number of benzene rings is 2. The van der Waals surface area contributed by atoms with Gasteiger partial charge in [0.2, 0.25) is 5.91 Å². The maximum Gasteiger partial charge on any atom is 0.273 e. The van der Waals surface area contributed by atoms with Crippen molar-refractivity contribution in [2.75, 3.05) is 24.9 Å². The highest BCUT2D eigenvalue weighted by Gasteiger charge is 2.20. The molecule has 0 aliphatic carbocycles. The van der Waals surface area contributed by atoms with Gasteiger partial charge < -0.3 is 20.1 Å². The summed E-state index contributed by atoms with van der Waals surface area (Å²) in [5, 5.41) is 16.8. The van der Waals surface area contributed by atoms with Gasteiger partial charge in [0.05, 0.1) is 36.6 Å². The zero-order chi connectivity index (χ0) is 21.8. The fourth-order valence-electron chi connectivity index (χ4n) is 2.72. The van der Waals surface area contributed by atoms with E-state index >= 15 is 0 Å². The molecule has 0 saturated heterocycles. The first-order valence-corrected chi connectivity index (χ1v) is 9.15. The first-order valence-electron chi connectivity index (χ1n) is 9.15. The second-order valence-corrected chi connectivity index (χ2v) is 7.66. The number of rotatable bonds is 7. The van der Waals surface area contributed by atoms with Crippen LogP contribution in [0.25, 0.3) is 0 Å². The van der Waals surface area contributed by atoms with Crippen molar-refractivity contribution in [3.63, 3.8) is 0 Å². The van der Waals surface area contributed by atoms with Crippen LogP contribution < -0.4 is 20.1 Å². The molecule has 2 aromatic carbocycles. The SMILES string of the molecule is COc1cc([N+](=O)[O-])ccc1NC(=O)[C@@H](C)Nc1cc(C(C)(C)C)ccc1OC. The number of anilines is 2. The molecule has 0 aliphatic rings. The normalized spacial score (nSPS) is 12.1. The molecule has 0 radical (unpaired) electrons. The summed E-state index contributed by atoms with van der Waals surface area (Å²) in [4.78, 5) is 23.1. The standard InChI is InChI=1S/C21H27N3O5/c1-13(22-17-11-14(21(2,3)4)7-10-18(17)28-5)20(25)23-16-9-8-15(24(26)27)12-19(16)29-6/h7-13,22H,1-6H3,(H,23,25)/t13-/m1/s1. The molecule has 29 heavy (non-hydrogen) atoms. The van der Waals surface area contributed by atoms with Crippen molar-refractivity contribution in [3.05, 3.63) is 52.1 Å². The molecule has 8 nitrogen and oxygen atoms in total. The van der Waals surface area contributed by atoms with Crippen LogP contribution in [0.15, 0.2) is 36.4 Å². The number of nitro groups is 1. The van der Waals surface area contributed by atoms with Crippen molar-refractivity contribution in [3.8, 4) is 11.5 Å². The maximum absolute atomic E-state index is 12.7. The Kier molecular flexibility index (Phi) is 6.68. The molecule has 0 saturated carbocycles. The molecule has 156 valence electrons. The number of hydrogen-bond donors (Lipinski definition) is 2. The molecule has 2 aromatic rings. The van der Waals surface area contributed by atoms with E-state index in [4.69, 9.17) is 9.47 Å². The van der Waals surface area contributed by atoms with Crippen LogP contribution in [0.3, 0.4) is 0 Å². The van der Waals surface area contributed by atoms with Gasteiger partial charge in [0.25, 0.3) is 5.69 Å². The summed E-state index contributed by atoms with van der Waals surface area (Å²) in [6, 6.07) is 9.26. The van der Waals surface area contributed by atoms with Gasteiger partial charge in [0, 0.05) is 6.07 Å². The minimum absolute atomic E-state index is 0.0552. The zero-order valence-corrected chi connectivity index (χ0v) is 17.5. The zero-order valence-electron chi connectivity index (χ0n) is 17.5. The molecule has 8 heteroatoms. The van der Waals surface area contributed by atoms with E-state index in [-0.39, 0.29) is 22.8 Å². The highest BCUT2D eigenvalue weighted by molar-refractivity contribution is 5.97. The van der Waals surface area contributed by atoms with Crippen LogP contribution in [0.2, 0.25) is 0 Å². The van der Waals surface area contributed by atoms with Gasteiger partial charge in [0.15, 0.2) is 0 Å². The number of nitro benzene ring substituents is 1. The van der Waals surface area contributed by atoms with E-state index in [9.17, 15) is 14.9 Å². The van der Waals surface area contributed by atoms with Crippen molar-refractivity contribution in [2.24, 2.45) is 0 Å².